The Morgan fingerprint density at radius 3 is 2.15 bits per heavy atom. The minimum absolute atomic E-state index is 0.736. The van der Waals surface area contributed by atoms with Crippen molar-refractivity contribution in [2.75, 3.05) is 74.8 Å². The van der Waals surface area contributed by atoms with Crippen LogP contribution in [0.1, 0.15) is 0 Å². The van der Waals surface area contributed by atoms with Gasteiger partial charge in [0.05, 0.1) is 26.4 Å². The SMILES string of the molecule is CNc1cc(N2CCOCC2)nc(N2CCOCC2)n1. The topological polar surface area (TPSA) is 62.8 Å². The Bertz CT molecular complexity index is 408. The Morgan fingerprint density at radius 1 is 0.950 bits per heavy atom. The summed E-state index contributed by atoms with van der Waals surface area (Å²) in [5.74, 6) is 2.60. The Kier molecular flexibility index (Phi) is 4.17. The number of rotatable bonds is 3. The summed E-state index contributed by atoms with van der Waals surface area (Å²) in [7, 11) is 1.88. The molecule has 110 valence electrons. The van der Waals surface area contributed by atoms with Crippen LogP contribution in [0.5, 0.6) is 0 Å². The molecule has 0 radical (unpaired) electrons. The molecule has 1 aromatic heterocycles. The molecule has 3 heterocycles. The van der Waals surface area contributed by atoms with Gasteiger partial charge in [-0.05, 0) is 0 Å². The van der Waals surface area contributed by atoms with Crippen LogP contribution < -0.4 is 15.1 Å². The van der Waals surface area contributed by atoms with Crippen LogP contribution in [0.2, 0.25) is 0 Å². The molecule has 2 aliphatic heterocycles. The summed E-state index contributed by atoms with van der Waals surface area (Å²) in [6.07, 6.45) is 0. The van der Waals surface area contributed by atoms with Crippen molar-refractivity contribution in [3.8, 4) is 0 Å². The number of hydrogen-bond acceptors (Lipinski definition) is 7. The van der Waals surface area contributed by atoms with Gasteiger partial charge in [-0.15, -0.1) is 0 Å². The number of anilines is 3. The smallest absolute Gasteiger partial charge is 0.229 e. The zero-order valence-electron chi connectivity index (χ0n) is 11.8. The van der Waals surface area contributed by atoms with Crippen molar-refractivity contribution >= 4 is 17.6 Å². The van der Waals surface area contributed by atoms with Crippen LogP contribution in [0.4, 0.5) is 17.6 Å². The molecule has 0 unspecified atom stereocenters. The van der Waals surface area contributed by atoms with E-state index in [1.807, 2.05) is 13.1 Å². The van der Waals surface area contributed by atoms with Gasteiger partial charge in [-0.2, -0.15) is 9.97 Å². The molecule has 0 aromatic carbocycles. The van der Waals surface area contributed by atoms with Crippen LogP contribution in [0, 0.1) is 0 Å². The number of ether oxygens (including phenoxy) is 2. The van der Waals surface area contributed by atoms with E-state index < -0.39 is 0 Å². The number of nitrogens with zero attached hydrogens (tertiary/aromatic N) is 4. The normalized spacial score (nSPS) is 20.1. The molecule has 1 aromatic rings. The molecule has 2 fully saturated rings. The maximum absolute atomic E-state index is 5.40. The summed E-state index contributed by atoms with van der Waals surface area (Å²) in [4.78, 5) is 13.7. The lowest BCUT2D eigenvalue weighted by Gasteiger charge is -2.31. The van der Waals surface area contributed by atoms with Gasteiger partial charge in [-0.25, -0.2) is 0 Å². The fraction of sp³-hybridized carbons (Fsp3) is 0.692. The maximum atomic E-state index is 5.40. The second-order valence-electron chi connectivity index (χ2n) is 4.86. The quantitative estimate of drug-likeness (QED) is 0.847. The van der Waals surface area contributed by atoms with E-state index >= 15 is 0 Å². The first-order valence-electron chi connectivity index (χ1n) is 7.09. The minimum Gasteiger partial charge on any atom is -0.378 e. The molecule has 0 atom stereocenters. The number of hydrogen-bond donors (Lipinski definition) is 1. The Hall–Kier alpha value is -1.60. The van der Waals surface area contributed by atoms with Gasteiger partial charge in [-0.1, -0.05) is 0 Å². The molecular formula is C13H21N5O2. The van der Waals surface area contributed by atoms with Gasteiger partial charge < -0.3 is 24.6 Å². The summed E-state index contributed by atoms with van der Waals surface area (Å²) >= 11 is 0. The molecule has 20 heavy (non-hydrogen) atoms. The zero-order chi connectivity index (χ0) is 13.8. The number of aromatic nitrogens is 2. The van der Waals surface area contributed by atoms with Crippen LogP contribution in [-0.2, 0) is 9.47 Å². The van der Waals surface area contributed by atoms with Gasteiger partial charge in [0.2, 0.25) is 5.95 Å². The molecule has 2 aliphatic rings. The lowest BCUT2D eigenvalue weighted by molar-refractivity contribution is 0.121. The van der Waals surface area contributed by atoms with Gasteiger partial charge in [0, 0.05) is 39.3 Å². The van der Waals surface area contributed by atoms with Crippen molar-refractivity contribution in [3.63, 3.8) is 0 Å². The zero-order valence-corrected chi connectivity index (χ0v) is 11.8. The largest absolute Gasteiger partial charge is 0.378 e. The third-order valence-electron chi connectivity index (χ3n) is 3.59. The fourth-order valence-electron chi connectivity index (χ4n) is 2.41. The third kappa shape index (κ3) is 2.94. The molecule has 0 spiro atoms. The molecule has 1 N–H and O–H groups in total. The van der Waals surface area contributed by atoms with Crippen molar-refractivity contribution in [2.24, 2.45) is 0 Å². The molecule has 0 amide bonds. The van der Waals surface area contributed by atoms with Crippen molar-refractivity contribution in [1.29, 1.82) is 0 Å². The maximum Gasteiger partial charge on any atom is 0.229 e. The summed E-state index contributed by atoms with van der Waals surface area (Å²) in [5.41, 5.74) is 0. The van der Waals surface area contributed by atoms with Crippen molar-refractivity contribution in [1.82, 2.24) is 9.97 Å². The number of morpholine rings is 2. The highest BCUT2D eigenvalue weighted by Crippen LogP contribution is 2.21. The first kappa shape index (κ1) is 13.4. The Balaban J connectivity index is 1.85. The molecule has 0 aliphatic carbocycles. The summed E-state index contributed by atoms with van der Waals surface area (Å²) in [5, 5.41) is 3.12. The average molecular weight is 279 g/mol. The van der Waals surface area contributed by atoms with E-state index in [-0.39, 0.29) is 0 Å². The van der Waals surface area contributed by atoms with Crippen molar-refractivity contribution in [2.45, 2.75) is 0 Å². The highest BCUT2D eigenvalue weighted by atomic mass is 16.5. The lowest BCUT2D eigenvalue weighted by Crippen LogP contribution is -2.39. The highest BCUT2D eigenvalue weighted by molar-refractivity contribution is 5.54. The van der Waals surface area contributed by atoms with Crippen LogP contribution in [0.15, 0.2) is 6.07 Å². The van der Waals surface area contributed by atoms with E-state index in [2.05, 4.69) is 20.1 Å². The monoisotopic (exact) mass is 279 g/mol. The van der Waals surface area contributed by atoms with E-state index in [1.165, 1.54) is 0 Å². The Morgan fingerprint density at radius 2 is 1.55 bits per heavy atom. The van der Waals surface area contributed by atoms with Gasteiger partial charge in [0.25, 0.3) is 0 Å². The molecule has 0 bridgehead atoms. The number of nitrogens with one attached hydrogen (secondary N) is 1. The van der Waals surface area contributed by atoms with E-state index in [1.54, 1.807) is 0 Å². The second kappa shape index (κ2) is 6.23. The molecule has 7 heteroatoms. The van der Waals surface area contributed by atoms with E-state index in [4.69, 9.17) is 14.5 Å². The van der Waals surface area contributed by atoms with E-state index in [0.717, 1.165) is 70.2 Å². The molecule has 2 saturated heterocycles. The minimum atomic E-state index is 0.736. The third-order valence-corrected chi connectivity index (χ3v) is 3.59. The average Bonchev–Trinajstić information content (AvgIpc) is 2.56. The van der Waals surface area contributed by atoms with E-state index in [9.17, 15) is 0 Å². The second-order valence-corrected chi connectivity index (χ2v) is 4.86. The molecule has 0 saturated carbocycles. The first-order valence-corrected chi connectivity index (χ1v) is 7.09. The molecule has 7 nitrogen and oxygen atoms in total. The van der Waals surface area contributed by atoms with Crippen LogP contribution in [-0.4, -0.2) is 69.6 Å². The van der Waals surface area contributed by atoms with Gasteiger partial charge in [0.1, 0.15) is 11.6 Å². The summed E-state index contributed by atoms with van der Waals surface area (Å²) < 4.78 is 10.8. The van der Waals surface area contributed by atoms with Gasteiger partial charge in [0.15, 0.2) is 0 Å². The van der Waals surface area contributed by atoms with E-state index in [0.29, 0.717) is 0 Å². The fourth-order valence-corrected chi connectivity index (χ4v) is 2.41. The van der Waals surface area contributed by atoms with Crippen LogP contribution in [0.3, 0.4) is 0 Å². The Labute approximate surface area is 118 Å². The summed E-state index contributed by atoms with van der Waals surface area (Å²) in [6, 6.07) is 2.00. The van der Waals surface area contributed by atoms with Gasteiger partial charge in [-0.3, -0.25) is 0 Å². The highest BCUT2D eigenvalue weighted by Gasteiger charge is 2.19. The predicted octanol–water partition coefficient (Wildman–Crippen LogP) is 0.192. The summed E-state index contributed by atoms with van der Waals surface area (Å²) in [6.45, 7) is 6.43. The van der Waals surface area contributed by atoms with Crippen LogP contribution in [0.25, 0.3) is 0 Å². The first-order chi connectivity index (χ1) is 9.86. The molecule has 3 rings (SSSR count). The van der Waals surface area contributed by atoms with Crippen LogP contribution >= 0.6 is 0 Å². The lowest BCUT2D eigenvalue weighted by atomic mass is 10.4. The van der Waals surface area contributed by atoms with Crippen molar-refractivity contribution in [3.05, 3.63) is 6.07 Å². The predicted molar refractivity (Wildman–Crippen MR) is 77.6 cm³/mol. The van der Waals surface area contributed by atoms with Gasteiger partial charge >= 0.3 is 0 Å². The standard InChI is InChI=1S/C13H21N5O2/c1-14-11-10-12(17-2-6-19-7-3-17)16-13(15-11)18-4-8-20-9-5-18/h10H,2-9H2,1H3,(H,14,15,16). The van der Waals surface area contributed by atoms with Crippen molar-refractivity contribution < 1.29 is 9.47 Å². The molecular weight excluding hydrogens is 258 g/mol.